The van der Waals surface area contributed by atoms with Crippen molar-refractivity contribution < 1.29 is 9.90 Å². The van der Waals surface area contributed by atoms with Crippen molar-refractivity contribution >= 4 is 5.97 Å². The Morgan fingerprint density at radius 2 is 2.27 bits per heavy atom. The summed E-state index contributed by atoms with van der Waals surface area (Å²) >= 11 is 0. The van der Waals surface area contributed by atoms with Crippen LogP contribution in [-0.2, 0) is 4.79 Å². The molecule has 4 heteroatoms. The predicted octanol–water partition coefficient (Wildman–Crippen LogP) is 0.779. The summed E-state index contributed by atoms with van der Waals surface area (Å²) in [6.45, 7) is 9.22. The molecule has 4 nitrogen and oxygen atoms in total. The van der Waals surface area contributed by atoms with E-state index in [1.54, 1.807) is 0 Å². The first-order valence-electron chi connectivity index (χ1n) is 5.68. The third kappa shape index (κ3) is 4.18. The van der Waals surface area contributed by atoms with Crippen LogP contribution in [0.4, 0.5) is 0 Å². The first-order chi connectivity index (χ1) is 6.99. The van der Waals surface area contributed by atoms with Crippen molar-refractivity contribution in [3.05, 3.63) is 0 Å². The van der Waals surface area contributed by atoms with Crippen molar-refractivity contribution in [2.24, 2.45) is 5.92 Å². The van der Waals surface area contributed by atoms with Gasteiger partial charge in [-0.05, 0) is 12.8 Å². The standard InChI is InChI=1S/C11H22N2O2/c1-8(2)6-13-7-9(3)12-5-10(13)4-11(14)15/h8-10,12H,4-7H2,1-3H3,(H,14,15). The van der Waals surface area contributed by atoms with Crippen molar-refractivity contribution in [1.82, 2.24) is 10.2 Å². The van der Waals surface area contributed by atoms with Crippen LogP contribution in [0.15, 0.2) is 0 Å². The van der Waals surface area contributed by atoms with E-state index in [0.717, 1.165) is 19.6 Å². The number of aliphatic carboxylic acids is 1. The molecule has 1 aliphatic heterocycles. The van der Waals surface area contributed by atoms with Crippen LogP contribution < -0.4 is 5.32 Å². The lowest BCUT2D eigenvalue weighted by Gasteiger charge is -2.39. The van der Waals surface area contributed by atoms with Gasteiger partial charge in [-0.25, -0.2) is 0 Å². The highest BCUT2D eigenvalue weighted by Gasteiger charge is 2.27. The highest BCUT2D eigenvalue weighted by atomic mass is 16.4. The second-order valence-electron chi connectivity index (χ2n) is 4.91. The minimum Gasteiger partial charge on any atom is -0.481 e. The molecule has 0 amide bonds. The molecule has 88 valence electrons. The monoisotopic (exact) mass is 214 g/mol. The Morgan fingerprint density at radius 3 is 2.80 bits per heavy atom. The normalized spacial score (nSPS) is 28.3. The Morgan fingerprint density at radius 1 is 1.60 bits per heavy atom. The first kappa shape index (κ1) is 12.5. The number of carboxylic acids is 1. The lowest BCUT2D eigenvalue weighted by Crippen LogP contribution is -2.56. The Kier molecular flexibility index (Phi) is 4.54. The maximum absolute atomic E-state index is 10.7. The zero-order valence-corrected chi connectivity index (χ0v) is 9.86. The molecule has 1 saturated heterocycles. The molecular weight excluding hydrogens is 192 g/mol. The Hall–Kier alpha value is -0.610. The van der Waals surface area contributed by atoms with Gasteiger partial charge < -0.3 is 10.4 Å². The van der Waals surface area contributed by atoms with Gasteiger partial charge in [-0.1, -0.05) is 13.8 Å². The molecule has 1 rings (SSSR count). The van der Waals surface area contributed by atoms with Crippen molar-refractivity contribution in [3.8, 4) is 0 Å². The molecule has 0 aromatic heterocycles. The number of hydrogen-bond acceptors (Lipinski definition) is 3. The molecule has 1 heterocycles. The molecule has 0 saturated carbocycles. The molecule has 0 aromatic rings. The molecular formula is C11H22N2O2. The summed E-state index contributed by atoms with van der Waals surface area (Å²) in [6, 6.07) is 0.620. The molecule has 0 aliphatic carbocycles. The molecule has 2 unspecified atom stereocenters. The van der Waals surface area contributed by atoms with Gasteiger partial charge in [-0.15, -0.1) is 0 Å². The number of nitrogens with one attached hydrogen (secondary N) is 1. The zero-order valence-electron chi connectivity index (χ0n) is 9.86. The van der Waals surface area contributed by atoms with Gasteiger partial charge >= 0.3 is 5.97 Å². The molecule has 0 radical (unpaired) electrons. The topological polar surface area (TPSA) is 52.6 Å². The van der Waals surface area contributed by atoms with Crippen LogP contribution in [-0.4, -0.2) is 47.7 Å². The van der Waals surface area contributed by atoms with E-state index in [-0.39, 0.29) is 12.5 Å². The average molecular weight is 214 g/mol. The van der Waals surface area contributed by atoms with E-state index in [4.69, 9.17) is 5.11 Å². The van der Waals surface area contributed by atoms with Crippen LogP contribution in [0.1, 0.15) is 27.2 Å². The van der Waals surface area contributed by atoms with Crippen molar-refractivity contribution in [1.29, 1.82) is 0 Å². The van der Waals surface area contributed by atoms with Gasteiger partial charge in [-0.2, -0.15) is 0 Å². The Balaban J connectivity index is 2.53. The van der Waals surface area contributed by atoms with Crippen LogP contribution in [0.2, 0.25) is 0 Å². The van der Waals surface area contributed by atoms with E-state index in [0.29, 0.717) is 12.0 Å². The number of carbonyl (C=O) groups is 1. The fourth-order valence-corrected chi connectivity index (χ4v) is 2.13. The summed E-state index contributed by atoms with van der Waals surface area (Å²) in [6.07, 6.45) is 0.242. The maximum Gasteiger partial charge on any atom is 0.304 e. The number of piperazine rings is 1. The van der Waals surface area contributed by atoms with Gasteiger partial charge in [-0.3, -0.25) is 9.69 Å². The van der Waals surface area contributed by atoms with E-state index in [1.165, 1.54) is 0 Å². The van der Waals surface area contributed by atoms with Crippen molar-refractivity contribution in [2.75, 3.05) is 19.6 Å². The first-order valence-corrected chi connectivity index (χ1v) is 5.68. The third-order valence-electron chi connectivity index (χ3n) is 2.74. The summed E-state index contributed by atoms with van der Waals surface area (Å²) < 4.78 is 0. The second-order valence-corrected chi connectivity index (χ2v) is 4.91. The van der Waals surface area contributed by atoms with Crippen LogP contribution >= 0.6 is 0 Å². The quantitative estimate of drug-likeness (QED) is 0.726. The summed E-state index contributed by atoms with van der Waals surface area (Å²) in [5.74, 6) is -0.114. The lowest BCUT2D eigenvalue weighted by atomic mass is 10.0. The second kappa shape index (κ2) is 5.47. The molecule has 0 aromatic carbocycles. The largest absolute Gasteiger partial charge is 0.481 e. The number of rotatable bonds is 4. The number of nitrogens with zero attached hydrogens (tertiary/aromatic N) is 1. The predicted molar refractivity (Wildman–Crippen MR) is 59.9 cm³/mol. The summed E-state index contributed by atoms with van der Waals surface area (Å²) in [7, 11) is 0. The molecule has 0 spiro atoms. The zero-order chi connectivity index (χ0) is 11.4. The minimum absolute atomic E-state index is 0.154. The number of hydrogen-bond donors (Lipinski definition) is 2. The van der Waals surface area contributed by atoms with E-state index < -0.39 is 5.97 Å². The SMILES string of the molecule is CC(C)CN1CC(C)NCC1CC(=O)O. The fraction of sp³-hybridized carbons (Fsp3) is 0.909. The van der Waals surface area contributed by atoms with Crippen molar-refractivity contribution in [2.45, 2.75) is 39.3 Å². The van der Waals surface area contributed by atoms with Gasteiger partial charge in [0.25, 0.3) is 0 Å². The highest BCUT2D eigenvalue weighted by Crippen LogP contribution is 2.12. The summed E-state index contributed by atoms with van der Waals surface area (Å²) in [5, 5.41) is 12.2. The molecule has 1 aliphatic rings. The maximum atomic E-state index is 10.7. The lowest BCUT2D eigenvalue weighted by molar-refractivity contribution is -0.138. The van der Waals surface area contributed by atoms with Crippen LogP contribution in [0.5, 0.6) is 0 Å². The summed E-state index contributed by atoms with van der Waals surface area (Å²) in [4.78, 5) is 13.0. The smallest absolute Gasteiger partial charge is 0.304 e. The van der Waals surface area contributed by atoms with Gasteiger partial charge in [0.15, 0.2) is 0 Å². The van der Waals surface area contributed by atoms with Gasteiger partial charge in [0.05, 0.1) is 6.42 Å². The molecule has 1 fully saturated rings. The van der Waals surface area contributed by atoms with Crippen LogP contribution in [0.25, 0.3) is 0 Å². The Labute approximate surface area is 91.6 Å². The van der Waals surface area contributed by atoms with E-state index in [9.17, 15) is 4.79 Å². The molecule has 2 N–H and O–H groups in total. The van der Waals surface area contributed by atoms with Crippen LogP contribution in [0.3, 0.4) is 0 Å². The van der Waals surface area contributed by atoms with E-state index in [2.05, 4.69) is 31.0 Å². The van der Waals surface area contributed by atoms with E-state index in [1.807, 2.05) is 0 Å². The summed E-state index contributed by atoms with van der Waals surface area (Å²) in [5.41, 5.74) is 0. The third-order valence-corrected chi connectivity index (χ3v) is 2.74. The average Bonchev–Trinajstić information content (AvgIpc) is 2.08. The Bertz CT molecular complexity index is 217. The fourth-order valence-electron chi connectivity index (χ4n) is 2.13. The molecule has 15 heavy (non-hydrogen) atoms. The van der Waals surface area contributed by atoms with Gasteiger partial charge in [0, 0.05) is 31.7 Å². The van der Waals surface area contributed by atoms with Crippen molar-refractivity contribution in [3.63, 3.8) is 0 Å². The van der Waals surface area contributed by atoms with Crippen LogP contribution in [0, 0.1) is 5.92 Å². The molecule has 2 atom stereocenters. The number of carboxylic acid groups (broad SMARTS) is 1. The minimum atomic E-state index is -0.704. The van der Waals surface area contributed by atoms with E-state index >= 15 is 0 Å². The van der Waals surface area contributed by atoms with Gasteiger partial charge in [0.2, 0.25) is 0 Å². The van der Waals surface area contributed by atoms with Gasteiger partial charge in [0.1, 0.15) is 0 Å². The highest BCUT2D eigenvalue weighted by molar-refractivity contribution is 5.67. The molecule has 0 bridgehead atoms.